The molecule has 0 saturated carbocycles. The van der Waals surface area contributed by atoms with Gasteiger partial charge in [-0.2, -0.15) is 5.10 Å². The van der Waals surface area contributed by atoms with Gasteiger partial charge in [0.25, 0.3) is 0 Å². The van der Waals surface area contributed by atoms with Crippen LogP contribution in [0.5, 0.6) is 5.75 Å². The van der Waals surface area contributed by atoms with E-state index in [1.165, 1.54) is 13.2 Å². The molecule has 152 valence electrons. The van der Waals surface area contributed by atoms with Crippen LogP contribution in [0, 0.1) is 0 Å². The number of benzene rings is 2. The van der Waals surface area contributed by atoms with E-state index >= 15 is 0 Å². The highest BCUT2D eigenvalue weighted by atomic mass is 35.5. The number of carboxylic acids is 1. The number of nitrogens with zero attached hydrogens (tertiary/aromatic N) is 2. The second-order valence-electron chi connectivity index (χ2n) is 7.79. The number of aromatic carboxylic acids is 1. The molecule has 2 N–H and O–H groups in total. The molecule has 3 rings (SSSR count). The van der Waals surface area contributed by atoms with Gasteiger partial charge < -0.3 is 15.2 Å². The summed E-state index contributed by atoms with van der Waals surface area (Å²) in [6.07, 6.45) is 0. The average molecular weight is 414 g/mol. The number of anilines is 2. The number of rotatable bonds is 5. The van der Waals surface area contributed by atoms with Crippen molar-refractivity contribution in [2.75, 3.05) is 12.4 Å². The smallest absolute Gasteiger partial charge is 0.337 e. The van der Waals surface area contributed by atoms with Crippen molar-refractivity contribution >= 4 is 29.1 Å². The first kappa shape index (κ1) is 20.7. The van der Waals surface area contributed by atoms with Crippen LogP contribution in [0.4, 0.5) is 11.5 Å². The number of aryl methyl sites for hydroxylation is 1. The summed E-state index contributed by atoms with van der Waals surface area (Å²) in [4.78, 5) is 11.8. The predicted molar refractivity (Wildman–Crippen MR) is 116 cm³/mol. The molecular formula is C22H24ClN3O3. The first-order chi connectivity index (χ1) is 13.6. The van der Waals surface area contributed by atoms with Gasteiger partial charge in [0, 0.05) is 23.0 Å². The second-order valence-corrected chi connectivity index (χ2v) is 8.23. The molecule has 3 aromatic rings. The first-order valence-electron chi connectivity index (χ1n) is 9.13. The Bertz CT molecular complexity index is 1050. The third-order valence-electron chi connectivity index (χ3n) is 4.60. The Morgan fingerprint density at radius 1 is 1.17 bits per heavy atom. The van der Waals surface area contributed by atoms with E-state index in [0.717, 1.165) is 16.8 Å². The highest BCUT2D eigenvalue weighted by Gasteiger charge is 2.27. The fourth-order valence-electron chi connectivity index (χ4n) is 3.15. The maximum atomic E-state index is 11.8. The van der Waals surface area contributed by atoms with E-state index in [0.29, 0.717) is 22.3 Å². The summed E-state index contributed by atoms with van der Waals surface area (Å²) in [5.74, 6) is 0.133. The average Bonchev–Trinajstić information content (AvgIpc) is 2.99. The lowest BCUT2D eigenvalue weighted by atomic mass is 9.87. The van der Waals surface area contributed by atoms with E-state index in [1.54, 1.807) is 16.8 Å². The minimum absolute atomic E-state index is 0.116. The van der Waals surface area contributed by atoms with Crippen LogP contribution in [0.3, 0.4) is 0 Å². The molecular weight excluding hydrogens is 390 g/mol. The van der Waals surface area contributed by atoms with Crippen LogP contribution in [-0.4, -0.2) is 28.0 Å². The number of hydrogen-bond acceptors (Lipinski definition) is 4. The molecule has 0 fully saturated rings. The standard InChI is InChI=1S/C22H24ClN3O3/c1-22(2,3)19-18(13-6-8-14(23)9-7-13)20(26(4)25-19)24-17-11-10-15(29-5)12-16(17)21(27)28/h6-12,24H,1-5H3,(H,27,28). The molecule has 0 bridgehead atoms. The third kappa shape index (κ3) is 4.22. The maximum Gasteiger partial charge on any atom is 0.337 e. The molecule has 0 amide bonds. The van der Waals surface area contributed by atoms with Gasteiger partial charge in [-0.25, -0.2) is 4.79 Å². The van der Waals surface area contributed by atoms with Crippen molar-refractivity contribution in [3.63, 3.8) is 0 Å². The monoisotopic (exact) mass is 413 g/mol. The van der Waals surface area contributed by atoms with Crippen molar-refractivity contribution in [3.8, 4) is 16.9 Å². The molecule has 0 aliphatic rings. The summed E-state index contributed by atoms with van der Waals surface area (Å²) in [7, 11) is 3.34. The highest BCUT2D eigenvalue weighted by molar-refractivity contribution is 6.30. The van der Waals surface area contributed by atoms with Crippen LogP contribution in [0.25, 0.3) is 11.1 Å². The summed E-state index contributed by atoms with van der Waals surface area (Å²) < 4.78 is 6.90. The number of ether oxygens (including phenoxy) is 1. The second kappa shape index (κ2) is 7.79. The number of nitrogens with one attached hydrogen (secondary N) is 1. The predicted octanol–water partition coefficient (Wildman–Crippen LogP) is 5.49. The Balaban J connectivity index is 2.19. The van der Waals surface area contributed by atoms with Crippen molar-refractivity contribution in [1.29, 1.82) is 0 Å². The normalized spacial score (nSPS) is 11.4. The lowest BCUT2D eigenvalue weighted by Crippen LogP contribution is -2.13. The van der Waals surface area contributed by atoms with E-state index < -0.39 is 5.97 Å². The molecule has 7 heteroatoms. The number of aromatic nitrogens is 2. The van der Waals surface area contributed by atoms with E-state index in [1.807, 2.05) is 31.3 Å². The van der Waals surface area contributed by atoms with Gasteiger partial charge in [-0.15, -0.1) is 0 Å². The molecule has 0 aliphatic heterocycles. The van der Waals surface area contributed by atoms with Crippen LogP contribution in [0.2, 0.25) is 5.02 Å². The minimum atomic E-state index is -1.04. The number of halogens is 1. The zero-order valence-corrected chi connectivity index (χ0v) is 17.8. The van der Waals surface area contributed by atoms with Gasteiger partial charge in [-0.05, 0) is 35.9 Å². The van der Waals surface area contributed by atoms with Gasteiger partial charge in [0.15, 0.2) is 0 Å². The topological polar surface area (TPSA) is 76.4 Å². The number of carbonyl (C=O) groups is 1. The summed E-state index contributed by atoms with van der Waals surface area (Å²) in [5, 5.41) is 18.3. The summed E-state index contributed by atoms with van der Waals surface area (Å²) in [6.45, 7) is 6.28. The Kier molecular flexibility index (Phi) is 5.57. The van der Waals surface area contributed by atoms with Gasteiger partial charge in [-0.3, -0.25) is 4.68 Å². The lowest BCUT2D eigenvalue weighted by molar-refractivity contribution is 0.0697. The van der Waals surface area contributed by atoms with E-state index in [4.69, 9.17) is 21.4 Å². The number of hydrogen-bond donors (Lipinski definition) is 2. The zero-order valence-electron chi connectivity index (χ0n) is 17.1. The van der Waals surface area contributed by atoms with Crippen LogP contribution < -0.4 is 10.1 Å². The number of carboxylic acid groups (broad SMARTS) is 1. The molecule has 1 heterocycles. The van der Waals surface area contributed by atoms with Crippen molar-refractivity contribution in [3.05, 3.63) is 58.7 Å². The third-order valence-corrected chi connectivity index (χ3v) is 4.85. The van der Waals surface area contributed by atoms with Crippen molar-refractivity contribution in [2.45, 2.75) is 26.2 Å². The van der Waals surface area contributed by atoms with Crippen LogP contribution in [-0.2, 0) is 12.5 Å². The van der Waals surface area contributed by atoms with Crippen molar-refractivity contribution in [1.82, 2.24) is 9.78 Å². The summed E-state index contributed by atoms with van der Waals surface area (Å²) in [5.41, 5.74) is 3.10. The quantitative estimate of drug-likeness (QED) is 0.578. The zero-order chi connectivity index (χ0) is 21.3. The first-order valence-corrected chi connectivity index (χ1v) is 9.51. The fourth-order valence-corrected chi connectivity index (χ4v) is 3.27. The fraction of sp³-hybridized carbons (Fsp3) is 0.273. The molecule has 0 radical (unpaired) electrons. The molecule has 2 aromatic carbocycles. The van der Waals surface area contributed by atoms with E-state index in [2.05, 4.69) is 26.1 Å². The molecule has 29 heavy (non-hydrogen) atoms. The molecule has 0 atom stereocenters. The Morgan fingerprint density at radius 3 is 2.38 bits per heavy atom. The molecule has 6 nitrogen and oxygen atoms in total. The van der Waals surface area contributed by atoms with Gasteiger partial charge in [-0.1, -0.05) is 44.5 Å². The highest BCUT2D eigenvalue weighted by Crippen LogP contribution is 2.40. The Hall–Kier alpha value is -2.99. The largest absolute Gasteiger partial charge is 0.497 e. The Labute approximate surface area is 175 Å². The lowest BCUT2D eigenvalue weighted by Gasteiger charge is -2.19. The maximum absolute atomic E-state index is 11.8. The number of methoxy groups -OCH3 is 1. The van der Waals surface area contributed by atoms with Gasteiger partial charge in [0.2, 0.25) is 0 Å². The minimum Gasteiger partial charge on any atom is -0.497 e. The SMILES string of the molecule is COc1ccc(Nc2c(-c3ccc(Cl)cc3)c(C(C)(C)C)nn2C)c(C(=O)O)c1. The Morgan fingerprint density at radius 2 is 1.83 bits per heavy atom. The molecule has 0 aliphatic carbocycles. The van der Waals surface area contributed by atoms with Gasteiger partial charge in [0.1, 0.15) is 11.6 Å². The molecule has 0 saturated heterocycles. The molecule has 1 aromatic heterocycles. The van der Waals surface area contributed by atoms with Crippen LogP contribution in [0.15, 0.2) is 42.5 Å². The summed E-state index contributed by atoms with van der Waals surface area (Å²) >= 11 is 6.07. The molecule has 0 unspecified atom stereocenters. The molecule has 0 spiro atoms. The van der Waals surface area contributed by atoms with Gasteiger partial charge >= 0.3 is 5.97 Å². The van der Waals surface area contributed by atoms with Crippen molar-refractivity contribution in [2.24, 2.45) is 7.05 Å². The van der Waals surface area contributed by atoms with Gasteiger partial charge in [0.05, 0.1) is 24.1 Å². The summed E-state index contributed by atoms with van der Waals surface area (Å²) in [6, 6.07) is 12.4. The van der Waals surface area contributed by atoms with Crippen LogP contribution in [0.1, 0.15) is 36.8 Å². The van der Waals surface area contributed by atoms with Crippen molar-refractivity contribution < 1.29 is 14.6 Å². The van der Waals surface area contributed by atoms with Crippen LogP contribution >= 0.6 is 11.6 Å². The van der Waals surface area contributed by atoms with E-state index in [-0.39, 0.29) is 11.0 Å². The van der Waals surface area contributed by atoms with E-state index in [9.17, 15) is 9.90 Å².